The van der Waals surface area contributed by atoms with Gasteiger partial charge in [-0.05, 0) is 53.1 Å². The monoisotopic (exact) mass is 580 g/mol. The summed E-state index contributed by atoms with van der Waals surface area (Å²) in [5, 5.41) is 2.40. The van der Waals surface area contributed by atoms with E-state index in [-0.39, 0.29) is 35.7 Å². The van der Waals surface area contributed by atoms with E-state index in [0.29, 0.717) is 5.69 Å². The highest BCUT2D eigenvalue weighted by molar-refractivity contribution is 6.09. The Balaban J connectivity index is 1.49. The number of nitrogens with one attached hydrogen (secondary N) is 1. The molecule has 3 N–H and O–H groups in total. The van der Waals surface area contributed by atoms with Crippen LogP contribution in [0, 0.1) is 11.6 Å². The van der Waals surface area contributed by atoms with E-state index in [0.717, 1.165) is 47.4 Å². The van der Waals surface area contributed by atoms with Gasteiger partial charge in [-0.25, -0.2) is 13.8 Å². The summed E-state index contributed by atoms with van der Waals surface area (Å²) >= 11 is 0. The molecule has 1 aromatic heterocycles. The van der Waals surface area contributed by atoms with E-state index in [1.54, 1.807) is 0 Å². The number of hydrogen-bond donors (Lipinski definition) is 2. The summed E-state index contributed by atoms with van der Waals surface area (Å²) in [6.07, 6.45) is -0.703. The summed E-state index contributed by atoms with van der Waals surface area (Å²) in [5.74, 6) is -3.13. The number of carbonyl (C=O) groups is 2. The van der Waals surface area contributed by atoms with Gasteiger partial charge in [-0.2, -0.15) is 13.2 Å². The summed E-state index contributed by atoms with van der Waals surface area (Å²) < 4.78 is 68.9. The standard InChI is InChI=1S/C29H21F5N6O2/c30-20-6-2-18(3-7-20)28(19-4-8-21(31)9-5-19)26(42)40(27(35)39-28)16-17-1-10-24(29(32,33)34)23(13-17)25(41)38-15-22-14-36-11-12-37-22/h1-14H,15-16H2,(H2,35,39)(H,38,41). The lowest BCUT2D eigenvalue weighted by molar-refractivity contribution is -0.138. The molecule has 0 saturated carbocycles. The van der Waals surface area contributed by atoms with Crippen LogP contribution in [0.2, 0.25) is 0 Å². The molecule has 0 fully saturated rings. The molecule has 2 amide bonds. The number of rotatable bonds is 7. The van der Waals surface area contributed by atoms with Crippen LogP contribution in [-0.2, 0) is 29.6 Å². The van der Waals surface area contributed by atoms with Gasteiger partial charge in [0.05, 0.1) is 36.1 Å². The summed E-state index contributed by atoms with van der Waals surface area (Å²) in [7, 11) is 0. The maximum atomic E-state index is 14.0. The van der Waals surface area contributed by atoms with Crippen molar-refractivity contribution in [1.82, 2.24) is 20.2 Å². The molecule has 3 aromatic carbocycles. The first kappa shape index (κ1) is 28.3. The quantitative estimate of drug-likeness (QED) is 0.317. The molecule has 5 rings (SSSR count). The minimum atomic E-state index is -4.85. The first-order valence-electron chi connectivity index (χ1n) is 12.4. The molecule has 1 aliphatic heterocycles. The SMILES string of the molecule is NC1=NC(c2ccc(F)cc2)(c2ccc(F)cc2)C(=O)N1Cc1ccc(C(F)(F)F)c(C(=O)NCc2cnccn2)c1. The van der Waals surface area contributed by atoms with Crippen molar-refractivity contribution in [2.75, 3.05) is 0 Å². The van der Waals surface area contributed by atoms with Crippen LogP contribution < -0.4 is 11.1 Å². The molecule has 4 aromatic rings. The molecule has 214 valence electrons. The Labute approximate surface area is 235 Å². The number of nitrogens with zero attached hydrogens (tertiary/aromatic N) is 4. The van der Waals surface area contributed by atoms with Crippen molar-refractivity contribution in [3.8, 4) is 0 Å². The number of benzene rings is 3. The average Bonchev–Trinajstić information content (AvgIpc) is 3.22. The first-order valence-corrected chi connectivity index (χ1v) is 12.4. The number of hydrogen-bond acceptors (Lipinski definition) is 6. The molecule has 0 unspecified atom stereocenters. The molecule has 0 bridgehead atoms. The summed E-state index contributed by atoms with van der Waals surface area (Å²) in [5.41, 5.74) is 3.47. The number of nitrogens with two attached hydrogens (primary N) is 1. The normalized spacial score (nSPS) is 14.5. The van der Waals surface area contributed by atoms with Crippen molar-refractivity contribution in [3.05, 3.63) is 130 Å². The Morgan fingerprint density at radius 3 is 2.10 bits per heavy atom. The number of aliphatic imine (C=N–C) groups is 1. The minimum Gasteiger partial charge on any atom is -0.369 e. The zero-order valence-corrected chi connectivity index (χ0v) is 21.6. The molecule has 0 radical (unpaired) electrons. The van der Waals surface area contributed by atoms with Crippen LogP contribution in [0.5, 0.6) is 0 Å². The van der Waals surface area contributed by atoms with E-state index in [4.69, 9.17) is 5.73 Å². The number of guanidine groups is 1. The van der Waals surface area contributed by atoms with Crippen LogP contribution in [0.3, 0.4) is 0 Å². The van der Waals surface area contributed by atoms with Gasteiger partial charge < -0.3 is 11.1 Å². The predicted octanol–water partition coefficient (Wildman–Crippen LogP) is 4.30. The van der Waals surface area contributed by atoms with Crippen LogP contribution in [0.4, 0.5) is 22.0 Å². The van der Waals surface area contributed by atoms with Crippen molar-refractivity contribution < 1.29 is 31.5 Å². The van der Waals surface area contributed by atoms with Crippen molar-refractivity contribution in [2.24, 2.45) is 10.7 Å². The van der Waals surface area contributed by atoms with Crippen LogP contribution in [0.15, 0.2) is 90.3 Å². The third-order valence-electron chi connectivity index (χ3n) is 6.66. The fraction of sp³-hybridized carbons (Fsp3) is 0.138. The minimum absolute atomic E-state index is 0.146. The zero-order valence-electron chi connectivity index (χ0n) is 21.6. The van der Waals surface area contributed by atoms with Crippen molar-refractivity contribution in [3.63, 3.8) is 0 Å². The largest absolute Gasteiger partial charge is 0.417 e. The summed E-state index contributed by atoms with van der Waals surface area (Å²) in [6.45, 7) is -0.517. The summed E-state index contributed by atoms with van der Waals surface area (Å²) in [4.78, 5) is 40.1. The predicted molar refractivity (Wildman–Crippen MR) is 140 cm³/mol. The highest BCUT2D eigenvalue weighted by Gasteiger charge is 2.50. The third-order valence-corrected chi connectivity index (χ3v) is 6.66. The molecule has 0 spiro atoms. The van der Waals surface area contributed by atoms with Gasteiger partial charge in [0, 0.05) is 12.4 Å². The lowest BCUT2D eigenvalue weighted by atomic mass is 9.82. The van der Waals surface area contributed by atoms with Crippen LogP contribution in [0.1, 0.15) is 38.3 Å². The Kier molecular flexibility index (Phi) is 7.42. The lowest BCUT2D eigenvalue weighted by Gasteiger charge is -2.27. The van der Waals surface area contributed by atoms with Gasteiger partial charge in [0.25, 0.3) is 11.8 Å². The van der Waals surface area contributed by atoms with E-state index < -0.39 is 46.3 Å². The van der Waals surface area contributed by atoms with E-state index >= 15 is 0 Å². The number of halogens is 5. The topological polar surface area (TPSA) is 114 Å². The maximum absolute atomic E-state index is 14.0. The second-order valence-corrected chi connectivity index (χ2v) is 9.34. The zero-order chi connectivity index (χ0) is 30.1. The van der Waals surface area contributed by atoms with Gasteiger partial charge in [0.1, 0.15) is 11.6 Å². The van der Waals surface area contributed by atoms with Crippen LogP contribution in [0.25, 0.3) is 0 Å². The Bertz CT molecular complexity index is 1610. The molecule has 1 aliphatic rings. The Morgan fingerprint density at radius 1 is 0.929 bits per heavy atom. The van der Waals surface area contributed by atoms with Gasteiger partial charge in [-0.1, -0.05) is 30.3 Å². The fourth-order valence-corrected chi connectivity index (χ4v) is 4.65. The Morgan fingerprint density at radius 2 is 1.55 bits per heavy atom. The molecule has 13 heteroatoms. The molecular weight excluding hydrogens is 559 g/mol. The van der Waals surface area contributed by atoms with Gasteiger partial charge in [-0.15, -0.1) is 0 Å². The Hall–Kier alpha value is -5.20. The number of aromatic nitrogens is 2. The average molecular weight is 581 g/mol. The van der Waals surface area contributed by atoms with E-state index in [1.165, 1.54) is 42.9 Å². The van der Waals surface area contributed by atoms with Gasteiger partial charge >= 0.3 is 6.18 Å². The number of carbonyl (C=O) groups excluding carboxylic acids is 2. The molecule has 0 atom stereocenters. The second-order valence-electron chi connectivity index (χ2n) is 9.34. The highest BCUT2D eigenvalue weighted by atomic mass is 19.4. The third kappa shape index (κ3) is 5.40. The van der Waals surface area contributed by atoms with E-state index in [2.05, 4.69) is 20.3 Å². The van der Waals surface area contributed by atoms with Crippen LogP contribution >= 0.6 is 0 Å². The smallest absolute Gasteiger partial charge is 0.369 e. The summed E-state index contributed by atoms with van der Waals surface area (Å²) in [6, 6.07) is 12.8. The first-order chi connectivity index (χ1) is 20.0. The van der Waals surface area contributed by atoms with E-state index in [1.807, 2.05) is 0 Å². The van der Waals surface area contributed by atoms with Gasteiger partial charge in [0.2, 0.25) is 0 Å². The molecule has 0 saturated heterocycles. The maximum Gasteiger partial charge on any atom is 0.417 e. The molecule has 2 heterocycles. The van der Waals surface area contributed by atoms with Crippen molar-refractivity contribution >= 4 is 17.8 Å². The van der Waals surface area contributed by atoms with Crippen LogP contribution in [-0.4, -0.2) is 32.6 Å². The molecular formula is C29H21F5N6O2. The highest BCUT2D eigenvalue weighted by Crippen LogP contribution is 2.40. The molecule has 0 aliphatic carbocycles. The lowest BCUT2D eigenvalue weighted by Crippen LogP contribution is -2.43. The van der Waals surface area contributed by atoms with Gasteiger partial charge in [-0.3, -0.25) is 24.5 Å². The van der Waals surface area contributed by atoms with Gasteiger partial charge in [0.15, 0.2) is 11.5 Å². The second kappa shape index (κ2) is 11.0. The number of amides is 2. The molecule has 42 heavy (non-hydrogen) atoms. The molecule has 8 nitrogen and oxygen atoms in total. The van der Waals surface area contributed by atoms with E-state index in [9.17, 15) is 31.5 Å². The van der Waals surface area contributed by atoms with Crippen molar-refractivity contribution in [2.45, 2.75) is 24.8 Å². The van der Waals surface area contributed by atoms with Crippen molar-refractivity contribution in [1.29, 1.82) is 0 Å². The number of alkyl halides is 3. The fourth-order valence-electron chi connectivity index (χ4n) is 4.65.